The molecule has 6 nitrogen and oxygen atoms in total. The van der Waals surface area contributed by atoms with Gasteiger partial charge in [0.2, 0.25) is 0 Å². The second-order valence-electron chi connectivity index (χ2n) is 6.57. The Balaban J connectivity index is 1.86. The normalized spacial score (nSPS) is 18.9. The lowest BCUT2D eigenvalue weighted by Crippen LogP contribution is -2.44. The maximum Gasteiger partial charge on any atom is 0.410 e. The van der Waals surface area contributed by atoms with Gasteiger partial charge in [0.25, 0.3) is 5.88 Å². The maximum absolute atomic E-state index is 12.1. The molecule has 1 N–H and O–H groups in total. The number of carbonyl (C=O) groups is 1. The summed E-state index contributed by atoms with van der Waals surface area (Å²) in [6, 6.07) is 3.18. The topological polar surface area (TPSA) is 71.9 Å². The molecule has 1 aromatic heterocycles. The highest BCUT2D eigenvalue weighted by Gasteiger charge is 2.28. The van der Waals surface area contributed by atoms with Gasteiger partial charge >= 0.3 is 6.09 Å². The molecule has 0 spiro atoms. The molecule has 1 aromatic rings. The van der Waals surface area contributed by atoms with Gasteiger partial charge in [0.15, 0.2) is 5.75 Å². The fraction of sp³-hybridized carbons (Fsp3) is 0.625. The van der Waals surface area contributed by atoms with Crippen LogP contribution in [0.5, 0.6) is 11.6 Å². The fourth-order valence-electron chi connectivity index (χ4n) is 2.38. The number of hydrogen-bond acceptors (Lipinski definition) is 5. The van der Waals surface area contributed by atoms with Crippen molar-refractivity contribution in [2.75, 3.05) is 19.7 Å². The van der Waals surface area contributed by atoms with Crippen molar-refractivity contribution in [2.24, 2.45) is 5.92 Å². The van der Waals surface area contributed by atoms with Crippen LogP contribution in [0, 0.1) is 5.92 Å². The van der Waals surface area contributed by atoms with E-state index in [1.54, 1.807) is 17.2 Å². The van der Waals surface area contributed by atoms with Crippen molar-refractivity contribution in [3.63, 3.8) is 0 Å². The van der Waals surface area contributed by atoms with Crippen LogP contribution in [0.2, 0.25) is 0 Å². The first-order chi connectivity index (χ1) is 10.3. The van der Waals surface area contributed by atoms with Crippen LogP contribution < -0.4 is 4.74 Å². The van der Waals surface area contributed by atoms with Crippen molar-refractivity contribution in [1.82, 2.24) is 9.88 Å². The lowest BCUT2D eigenvalue weighted by molar-refractivity contribution is 0.0137. The van der Waals surface area contributed by atoms with E-state index in [0.717, 1.165) is 12.8 Å². The van der Waals surface area contributed by atoms with Gasteiger partial charge in [-0.25, -0.2) is 9.78 Å². The molecule has 0 bridgehead atoms. The Labute approximate surface area is 131 Å². The molecule has 0 aromatic carbocycles. The summed E-state index contributed by atoms with van der Waals surface area (Å²) in [7, 11) is 0. The molecule has 0 aliphatic carbocycles. The second-order valence-corrected chi connectivity index (χ2v) is 6.57. The first-order valence-electron chi connectivity index (χ1n) is 7.60. The van der Waals surface area contributed by atoms with Gasteiger partial charge in [-0.2, -0.15) is 0 Å². The number of pyridine rings is 1. The van der Waals surface area contributed by atoms with Gasteiger partial charge in [0.1, 0.15) is 5.60 Å². The molecule has 1 aliphatic heterocycles. The van der Waals surface area contributed by atoms with E-state index < -0.39 is 5.60 Å². The van der Waals surface area contributed by atoms with E-state index in [1.807, 2.05) is 20.8 Å². The summed E-state index contributed by atoms with van der Waals surface area (Å²) in [5.41, 5.74) is -0.486. The van der Waals surface area contributed by atoms with Crippen molar-refractivity contribution < 1.29 is 19.4 Å². The molecule has 0 saturated carbocycles. The molecule has 1 amide bonds. The van der Waals surface area contributed by atoms with Crippen LogP contribution in [0.4, 0.5) is 4.79 Å². The highest BCUT2D eigenvalue weighted by atomic mass is 16.6. The van der Waals surface area contributed by atoms with Crippen LogP contribution in [0.15, 0.2) is 18.3 Å². The summed E-state index contributed by atoms with van der Waals surface area (Å²) in [5, 5.41) is 9.64. The van der Waals surface area contributed by atoms with E-state index in [0.29, 0.717) is 19.7 Å². The van der Waals surface area contributed by atoms with Crippen LogP contribution in [-0.2, 0) is 4.74 Å². The molecular weight excluding hydrogens is 284 g/mol. The molecule has 22 heavy (non-hydrogen) atoms. The monoisotopic (exact) mass is 308 g/mol. The Kier molecular flexibility index (Phi) is 5.11. The molecule has 1 atom stereocenters. The number of carbonyl (C=O) groups excluding carboxylic acids is 1. The molecule has 0 radical (unpaired) electrons. The third-order valence-electron chi connectivity index (χ3n) is 3.38. The van der Waals surface area contributed by atoms with Crippen LogP contribution in [0.25, 0.3) is 0 Å². The zero-order valence-electron chi connectivity index (χ0n) is 13.4. The zero-order chi connectivity index (χ0) is 16.2. The first-order valence-corrected chi connectivity index (χ1v) is 7.60. The highest BCUT2D eigenvalue weighted by Crippen LogP contribution is 2.24. The Morgan fingerprint density at radius 2 is 2.27 bits per heavy atom. The quantitative estimate of drug-likeness (QED) is 0.929. The maximum atomic E-state index is 12.1. The van der Waals surface area contributed by atoms with Gasteiger partial charge in [-0.1, -0.05) is 0 Å². The SMILES string of the molecule is CC(C)(C)OC(=O)N1CCC[C@H](COc2ncccc2O)C1. The van der Waals surface area contributed by atoms with Crippen molar-refractivity contribution >= 4 is 6.09 Å². The van der Waals surface area contributed by atoms with Crippen LogP contribution in [0.1, 0.15) is 33.6 Å². The number of nitrogens with zero attached hydrogens (tertiary/aromatic N) is 2. The summed E-state index contributed by atoms with van der Waals surface area (Å²) < 4.78 is 11.0. The highest BCUT2D eigenvalue weighted by molar-refractivity contribution is 5.68. The molecule has 6 heteroatoms. The minimum atomic E-state index is -0.486. The molecule has 0 unspecified atom stereocenters. The van der Waals surface area contributed by atoms with Crippen LogP contribution in [0.3, 0.4) is 0 Å². The Morgan fingerprint density at radius 3 is 2.95 bits per heavy atom. The van der Waals surface area contributed by atoms with E-state index in [-0.39, 0.29) is 23.6 Å². The van der Waals surface area contributed by atoms with Crippen molar-refractivity contribution in [3.05, 3.63) is 18.3 Å². The van der Waals surface area contributed by atoms with Gasteiger partial charge in [-0.3, -0.25) is 0 Å². The standard InChI is InChI=1S/C16H24N2O4/c1-16(2,3)22-15(20)18-9-5-6-12(10-18)11-21-14-13(19)7-4-8-17-14/h4,7-8,12,19H,5-6,9-11H2,1-3H3/t12-/m0/s1. The smallest absolute Gasteiger partial charge is 0.410 e. The number of aromatic nitrogens is 1. The number of amides is 1. The minimum Gasteiger partial charge on any atom is -0.503 e. The molecular formula is C16H24N2O4. The average molecular weight is 308 g/mol. The van der Waals surface area contributed by atoms with E-state index in [2.05, 4.69) is 4.98 Å². The van der Waals surface area contributed by atoms with E-state index in [1.165, 1.54) is 6.07 Å². The van der Waals surface area contributed by atoms with Gasteiger partial charge in [0.05, 0.1) is 6.61 Å². The summed E-state index contributed by atoms with van der Waals surface area (Å²) in [6.45, 7) is 7.31. The first kappa shape index (κ1) is 16.4. The molecule has 2 rings (SSSR count). The van der Waals surface area contributed by atoms with Gasteiger partial charge < -0.3 is 19.5 Å². The molecule has 2 heterocycles. The summed E-state index contributed by atoms with van der Waals surface area (Å²) in [4.78, 5) is 17.8. The number of likely N-dealkylation sites (tertiary alicyclic amines) is 1. The Bertz CT molecular complexity index is 513. The van der Waals surface area contributed by atoms with Crippen LogP contribution >= 0.6 is 0 Å². The summed E-state index contributed by atoms with van der Waals surface area (Å²) >= 11 is 0. The number of piperidine rings is 1. The number of hydrogen-bond donors (Lipinski definition) is 1. The minimum absolute atomic E-state index is 0.0299. The van der Waals surface area contributed by atoms with Crippen LogP contribution in [-0.4, -0.2) is 46.4 Å². The molecule has 122 valence electrons. The third-order valence-corrected chi connectivity index (χ3v) is 3.38. The Morgan fingerprint density at radius 1 is 1.50 bits per heavy atom. The van der Waals surface area contributed by atoms with Gasteiger partial charge in [-0.05, 0) is 45.7 Å². The molecule has 1 fully saturated rings. The third kappa shape index (κ3) is 4.79. The second kappa shape index (κ2) is 6.85. The fourth-order valence-corrected chi connectivity index (χ4v) is 2.38. The predicted molar refractivity (Wildman–Crippen MR) is 81.9 cm³/mol. The largest absolute Gasteiger partial charge is 0.503 e. The summed E-state index contributed by atoms with van der Waals surface area (Å²) in [5.74, 6) is 0.474. The number of rotatable bonds is 3. The zero-order valence-corrected chi connectivity index (χ0v) is 13.4. The average Bonchev–Trinajstić information content (AvgIpc) is 2.45. The van der Waals surface area contributed by atoms with Gasteiger partial charge in [0, 0.05) is 25.2 Å². The lowest BCUT2D eigenvalue weighted by atomic mass is 9.99. The lowest BCUT2D eigenvalue weighted by Gasteiger charge is -2.33. The Hall–Kier alpha value is -1.98. The van der Waals surface area contributed by atoms with E-state index >= 15 is 0 Å². The van der Waals surface area contributed by atoms with Crippen molar-refractivity contribution in [1.29, 1.82) is 0 Å². The number of aromatic hydroxyl groups is 1. The van der Waals surface area contributed by atoms with Gasteiger partial charge in [-0.15, -0.1) is 0 Å². The number of ether oxygens (including phenoxy) is 2. The summed E-state index contributed by atoms with van der Waals surface area (Å²) in [6.07, 6.45) is 3.19. The van der Waals surface area contributed by atoms with Crippen molar-refractivity contribution in [3.8, 4) is 11.6 Å². The molecule has 1 saturated heterocycles. The van der Waals surface area contributed by atoms with E-state index in [4.69, 9.17) is 9.47 Å². The van der Waals surface area contributed by atoms with Crippen molar-refractivity contribution in [2.45, 2.75) is 39.2 Å². The van der Waals surface area contributed by atoms with E-state index in [9.17, 15) is 9.90 Å². The molecule has 1 aliphatic rings. The predicted octanol–water partition coefficient (Wildman–Crippen LogP) is 2.81.